The van der Waals surface area contributed by atoms with Crippen LogP contribution in [-0.4, -0.2) is 24.9 Å². The van der Waals surface area contributed by atoms with E-state index in [0.29, 0.717) is 5.95 Å². The number of hydrogen-bond donors (Lipinski definition) is 2. The fourth-order valence-corrected chi connectivity index (χ4v) is 3.89. The van der Waals surface area contributed by atoms with Crippen LogP contribution in [0.5, 0.6) is 0 Å². The van der Waals surface area contributed by atoms with Gasteiger partial charge in [-0.2, -0.15) is 0 Å². The molecule has 0 unspecified atom stereocenters. The number of halogens is 1. The SMILES string of the molecule is CCCNc1ncc(S(=O)(=O)NCc2ccc(Br)s2)cn1. The van der Waals surface area contributed by atoms with Gasteiger partial charge in [0.05, 0.1) is 16.2 Å². The Bertz CT molecular complexity index is 686. The van der Waals surface area contributed by atoms with Gasteiger partial charge in [0.2, 0.25) is 16.0 Å². The van der Waals surface area contributed by atoms with Crippen molar-refractivity contribution in [2.24, 2.45) is 0 Å². The maximum absolute atomic E-state index is 12.1. The second-order valence-electron chi connectivity index (χ2n) is 4.20. The van der Waals surface area contributed by atoms with Gasteiger partial charge in [-0.05, 0) is 34.5 Å². The Kier molecular flexibility index (Phi) is 5.68. The van der Waals surface area contributed by atoms with Gasteiger partial charge in [-0.25, -0.2) is 23.1 Å². The topological polar surface area (TPSA) is 84.0 Å². The minimum atomic E-state index is -3.60. The van der Waals surface area contributed by atoms with Gasteiger partial charge in [-0.15, -0.1) is 11.3 Å². The molecular formula is C12H15BrN4O2S2. The number of anilines is 1. The second-order valence-corrected chi connectivity index (χ2v) is 8.51. The molecule has 2 N–H and O–H groups in total. The van der Waals surface area contributed by atoms with Crippen molar-refractivity contribution >= 4 is 43.2 Å². The van der Waals surface area contributed by atoms with Gasteiger partial charge < -0.3 is 5.32 Å². The van der Waals surface area contributed by atoms with E-state index in [-0.39, 0.29) is 11.4 Å². The first-order valence-corrected chi connectivity index (χ1v) is 9.40. The maximum atomic E-state index is 12.1. The Morgan fingerprint density at radius 3 is 2.57 bits per heavy atom. The zero-order valence-electron chi connectivity index (χ0n) is 11.3. The van der Waals surface area contributed by atoms with Crippen molar-refractivity contribution in [3.8, 4) is 0 Å². The van der Waals surface area contributed by atoms with E-state index >= 15 is 0 Å². The third kappa shape index (κ3) is 4.73. The average molecular weight is 391 g/mol. The van der Waals surface area contributed by atoms with Crippen LogP contribution in [-0.2, 0) is 16.6 Å². The third-order valence-corrected chi connectivity index (χ3v) is 5.52. The molecule has 2 aromatic rings. The Hall–Kier alpha value is -1.03. The number of rotatable bonds is 7. The van der Waals surface area contributed by atoms with E-state index in [4.69, 9.17) is 0 Å². The molecule has 0 saturated carbocycles. The largest absolute Gasteiger partial charge is 0.354 e. The minimum absolute atomic E-state index is 0.0557. The number of nitrogens with one attached hydrogen (secondary N) is 2. The Labute approximate surface area is 136 Å². The summed E-state index contributed by atoms with van der Waals surface area (Å²) in [5.74, 6) is 0.429. The van der Waals surface area contributed by atoms with Gasteiger partial charge in [0.25, 0.3) is 0 Å². The van der Waals surface area contributed by atoms with Crippen molar-refractivity contribution in [1.82, 2.24) is 14.7 Å². The molecule has 6 nitrogen and oxygen atoms in total. The number of thiophene rings is 1. The molecule has 114 valence electrons. The summed E-state index contributed by atoms with van der Waals surface area (Å²) in [6.07, 6.45) is 3.55. The number of nitrogens with zero attached hydrogens (tertiary/aromatic N) is 2. The highest BCUT2D eigenvalue weighted by atomic mass is 79.9. The van der Waals surface area contributed by atoms with E-state index < -0.39 is 10.0 Å². The lowest BCUT2D eigenvalue weighted by atomic mass is 10.5. The molecule has 2 aromatic heterocycles. The summed E-state index contributed by atoms with van der Waals surface area (Å²) < 4.78 is 27.7. The summed E-state index contributed by atoms with van der Waals surface area (Å²) in [4.78, 5) is 8.97. The maximum Gasteiger partial charge on any atom is 0.243 e. The van der Waals surface area contributed by atoms with Crippen LogP contribution in [0.2, 0.25) is 0 Å². The highest BCUT2D eigenvalue weighted by Gasteiger charge is 2.15. The Balaban J connectivity index is 2.01. The van der Waals surface area contributed by atoms with Crippen molar-refractivity contribution in [3.63, 3.8) is 0 Å². The van der Waals surface area contributed by atoms with E-state index in [1.807, 2.05) is 19.1 Å². The molecule has 0 aromatic carbocycles. The van der Waals surface area contributed by atoms with Gasteiger partial charge in [0, 0.05) is 18.0 Å². The van der Waals surface area contributed by atoms with Crippen LogP contribution < -0.4 is 10.0 Å². The molecular weight excluding hydrogens is 376 g/mol. The standard InChI is InChI=1S/C12H15BrN4O2S2/c1-2-5-14-12-15-7-10(8-16-12)21(18,19)17-6-9-3-4-11(13)20-9/h3-4,7-8,17H,2,5-6H2,1H3,(H,14,15,16). The molecule has 9 heteroatoms. The molecule has 2 rings (SSSR count). The summed E-state index contributed by atoms with van der Waals surface area (Å²) >= 11 is 4.82. The average Bonchev–Trinajstić information content (AvgIpc) is 2.89. The molecule has 0 aliphatic carbocycles. The van der Waals surface area contributed by atoms with Crippen molar-refractivity contribution in [2.75, 3.05) is 11.9 Å². The summed E-state index contributed by atoms with van der Waals surface area (Å²) in [5.41, 5.74) is 0. The lowest BCUT2D eigenvalue weighted by Gasteiger charge is -2.06. The van der Waals surface area contributed by atoms with Crippen LogP contribution in [0.3, 0.4) is 0 Å². The van der Waals surface area contributed by atoms with Crippen LogP contribution in [0.15, 0.2) is 33.2 Å². The first-order valence-electron chi connectivity index (χ1n) is 6.31. The summed E-state index contributed by atoms with van der Waals surface area (Å²) in [5, 5.41) is 2.99. The molecule has 0 saturated heterocycles. The lowest BCUT2D eigenvalue weighted by Crippen LogP contribution is -2.23. The van der Waals surface area contributed by atoms with Gasteiger partial charge in [-0.1, -0.05) is 6.92 Å². The predicted molar refractivity (Wildman–Crippen MR) is 86.9 cm³/mol. The van der Waals surface area contributed by atoms with Crippen LogP contribution in [0, 0.1) is 0 Å². The molecule has 0 amide bonds. The predicted octanol–water partition coefficient (Wildman–Crippen LogP) is 2.60. The van der Waals surface area contributed by atoms with Crippen LogP contribution in [0.4, 0.5) is 5.95 Å². The molecule has 2 heterocycles. The summed E-state index contributed by atoms with van der Waals surface area (Å²) in [7, 11) is -3.60. The quantitative estimate of drug-likeness (QED) is 0.758. The highest BCUT2D eigenvalue weighted by molar-refractivity contribution is 9.11. The highest BCUT2D eigenvalue weighted by Crippen LogP contribution is 2.22. The van der Waals surface area contributed by atoms with Gasteiger partial charge in [-0.3, -0.25) is 0 Å². The normalized spacial score (nSPS) is 11.5. The fraction of sp³-hybridized carbons (Fsp3) is 0.333. The number of aromatic nitrogens is 2. The first-order chi connectivity index (χ1) is 10.0. The summed E-state index contributed by atoms with van der Waals surface area (Å²) in [6.45, 7) is 3.02. The molecule has 0 radical (unpaired) electrons. The van der Waals surface area contributed by atoms with E-state index in [0.717, 1.165) is 21.6 Å². The van der Waals surface area contributed by atoms with Crippen molar-refractivity contribution in [2.45, 2.75) is 24.8 Å². The van der Waals surface area contributed by atoms with Gasteiger partial charge in [0.15, 0.2) is 0 Å². The number of hydrogen-bond acceptors (Lipinski definition) is 6. The van der Waals surface area contributed by atoms with E-state index in [1.54, 1.807) is 0 Å². The van der Waals surface area contributed by atoms with Gasteiger partial charge >= 0.3 is 0 Å². The van der Waals surface area contributed by atoms with Crippen LogP contribution in [0.1, 0.15) is 18.2 Å². The fourth-order valence-electron chi connectivity index (χ4n) is 1.48. The Morgan fingerprint density at radius 2 is 2.00 bits per heavy atom. The summed E-state index contributed by atoms with van der Waals surface area (Å²) in [6, 6.07) is 3.75. The van der Waals surface area contributed by atoms with E-state index in [1.165, 1.54) is 23.7 Å². The van der Waals surface area contributed by atoms with E-state index in [2.05, 4.69) is 35.9 Å². The van der Waals surface area contributed by atoms with Gasteiger partial charge in [0.1, 0.15) is 4.90 Å². The molecule has 0 aliphatic rings. The molecule has 0 bridgehead atoms. The van der Waals surface area contributed by atoms with Crippen molar-refractivity contribution in [1.29, 1.82) is 0 Å². The lowest BCUT2D eigenvalue weighted by molar-refractivity contribution is 0.581. The monoisotopic (exact) mass is 390 g/mol. The van der Waals surface area contributed by atoms with Crippen molar-refractivity contribution in [3.05, 3.63) is 33.2 Å². The first kappa shape index (κ1) is 16.3. The number of sulfonamides is 1. The van der Waals surface area contributed by atoms with Crippen molar-refractivity contribution < 1.29 is 8.42 Å². The van der Waals surface area contributed by atoms with Crippen LogP contribution in [0.25, 0.3) is 0 Å². The molecule has 0 fully saturated rings. The smallest absolute Gasteiger partial charge is 0.243 e. The Morgan fingerprint density at radius 1 is 1.29 bits per heavy atom. The minimum Gasteiger partial charge on any atom is -0.354 e. The molecule has 21 heavy (non-hydrogen) atoms. The molecule has 0 atom stereocenters. The second kappa shape index (κ2) is 7.30. The van der Waals surface area contributed by atoms with Crippen LogP contribution >= 0.6 is 27.3 Å². The molecule has 0 spiro atoms. The third-order valence-electron chi connectivity index (χ3n) is 2.54. The van der Waals surface area contributed by atoms with E-state index in [9.17, 15) is 8.42 Å². The molecule has 0 aliphatic heterocycles. The zero-order chi connectivity index (χ0) is 15.3. The zero-order valence-corrected chi connectivity index (χ0v) is 14.6.